The first-order valence-corrected chi connectivity index (χ1v) is 14.0. The molecule has 29 heavy (non-hydrogen) atoms. The van der Waals surface area contributed by atoms with Crippen LogP contribution in [0.3, 0.4) is 0 Å². The third-order valence-electron chi connectivity index (χ3n) is 5.37. The monoisotopic (exact) mass is 408 g/mol. The van der Waals surface area contributed by atoms with Crippen LogP contribution in [-0.4, -0.2) is 8.07 Å². The number of aryl methyl sites for hydroxylation is 1. The molecule has 0 saturated carbocycles. The molecule has 3 aromatic carbocycles. The lowest BCUT2D eigenvalue weighted by Crippen LogP contribution is -2.42. The van der Waals surface area contributed by atoms with E-state index >= 15 is 0 Å². The number of rotatable bonds is 7. The van der Waals surface area contributed by atoms with Crippen molar-refractivity contribution in [1.82, 2.24) is 0 Å². The molecule has 0 unspecified atom stereocenters. The number of unbranched alkanes of at least 4 members (excludes halogenated alkanes) is 2. The topological polar surface area (TPSA) is 0 Å². The maximum atomic E-state index is 14.6. The molecular weight excluding hydrogens is 378 g/mol. The fraction of sp³-hybridized carbons (Fsp3) is 0.308. The lowest BCUT2D eigenvalue weighted by molar-refractivity contribution is 0.597. The summed E-state index contributed by atoms with van der Waals surface area (Å²) in [4.78, 5) is 0. The normalized spacial score (nSPS) is 11.7. The predicted molar refractivity (Wildman–Crippen MR) is 123 cm³/mol. The molecule has 0 amide bonds. The summed E-state index contributed by atoms with van der Waals surface area (Å²) in [5.41, 5.74) is 5.03. The first-order chi connectivity index (χ1) is 13.8. The van der Waals surface area contributed by atoms with Gasteiger partial charge in [-0.05, 0) is 52.8 Å². The summed E-state index contributed by atoms with van der Waals surface area (Å²) in [7, 11) is -2.07. The summed E-state index contributed by atoms with van der Waals surface area (Å²) < 4.78 is 29.2. The molecule has 0 aliphatic carbocycles. The van der Waals surface area contributed by atoms with Gasteiger partial charge in [-0.15, -0.1) is 0 Å². The molecular formula is C26H30F2Si. The fourth-order valence-corrected chi connectivity index (χ4v) is 5.33. The maximum absolute atomic E-state index is 14.6. The summed E-state index contributed by atoms with van der Waals surface area (Å²) >= 11 is 0. The summed E-state index contributed by atoms with van der Waals surface area (Å²) in [6.07, 6.45) is 4.86. The van der Waals surface area contributed by atoms with Gasteiger partial charge in [0.15, 0.2) is 0 Å². The Morgan fingerprint density at radius 2 is 1.10 bits per heavy atom. The number of hydrogen-bond acceptors (Lipinski definition) is 0. The van der Waals surface area contributed by atoms with Crippen LogP contribution >= 0.6 is 0 Å². The maximum Gasteiger partial charge on any atom is 0.125 e. The minimum atomic E-state index is -2.07. The average molecular weight is 409 g/mol. The number of halogens is 2. The van der Waals surface area contributed by atoms with Crippen LogP contribution in [0.1, 0.15) is 31.7 Å². The van der Waals surface area contributed by atoms with E-state index in [1.54, 1.807) is 0 Å². The van der Waals surface area contributed by atoms with Crippen LogP contribution in [0.5, 0.6) is 0 Å². The quantitative estimate of drug-likeness (QED) is 0.279. The Labute approximate surface area is 174 Å². The van der Waals surface area contributed by atoms with Crippen molar-refractivity contribution >= 4 is 13.3 Å². The van der Waals surface area contributed by atoms with Crippen molar-refractivity contribution in [3.63, 3.8) is 0 Å². The van der Waals surface area contributed by atoms with Gasteiger partial charge in [-0.2, -0.15) is 0 Å². The van der Waals surface area contributed by atoms with Gasteiger partial charge in [-0.3, -0.25) is 0 Å². The molecule has 0 aliphatic heterocycles. The van der Waals surface area contributed by atoms with E-state index in [1.807, 2.05) is 43.9 Å². The van der Waals surface area contributed by atoms with Gasteiger partial charge < -0.3 is 0 Å². The van der Waals surface area contributed by atoms with Gasteiger partial charge in [0.25, 0.3) is 0 Å². The van der Waals surface area contributed by atoms with E-state index < -0.39 is 19.7 Å². The molecule has 0 aliphatic rings. The van der Waals surface area contributed by atoms with Gasteiger partial charge in [0, 0.05) is 5.19 Å². The van der Waals surface area contributed by atoms with Crippen molar-refractivity contribution in [1.29, 1.82) is 0 Å². The molecule has 0 bridgehead atoms. The fourth-order valence-electron chi connectivity index (χ4n) is 3.75. The number of hydrogen-bond donors (Lipinski definition) is 0. The zero-order chi connectivity index (χ0) is 21.0. The van der Waals surface area contributed by atoms with Gasteiger partial charge in [0.2, 0.25) is 0 Å². The molecule has 0 heterocycles. The molecule has 3 heteroatoms. The SMILES string of the molecule is CCCCCc1ccc(-c2ccc(-c3cc(F)c([Si](C)(C)C)c(F)c3)cc2)cc1. The lowest BCUT2D eigenvalue weighted by Gasteiger charge is -2.19. The first-order valence-electron chi connectivity index (χ1n) is 10.5. The highest BCUT2D eigenvalue weighted by Crippen LogP contribution is 2.27. The first kappa shape index (κ1) is 21.4. The molecule has 3 aromatic rings. The summed E-state index contributed by atoms with van der Waals surface area (Å²) in [6.45, 7) is 8.09. The van der Waals surface area contributed by atoms with Crippen LogP contribution in [0.4, 0.5) is 8.78 Å². The van der Waals surface area contributed by atoms with Crippen molar-refractivity contribution in [2.45, 2.75) is 52.2 Å². The third-order valence-corrected chi connectivity index (χ3v) is 7.34. The van der Waals surface area contributed by atoms with E-state index in [2.05, 4.69) is 31.2 Å². The second kappa shape index (κ2) is 9.04. The second-order valence-electron chi connectivity index (χ2n) is 8.80. The highest BCUT2D eigenvalue weighted by Gasteiger charge is 2.25. The van der Waals surface area contributed by atoms with Gasteiger partial charge in [0.05, 0.1) is 8.07 Å². The van der Waals surface area contributed by atoms with E-state index in [9.17, 15) is 8.78 Å². The standard InChI is InChI=1S/C26H30F2Si/c1-5-6-7-8-19-9-11-20(12-10-19)21-13-15-22(16-14-21)23-17-24(27)26(25(28)18-23)29(2,3)4/h9-18H,5-8H2,1-4H3. The zero-order valence-corrected chi connectivity index (χ0v) is 18.9. The zero-order valence-electron chi connectivity index (χ0n) is 17.9. The van der Waals surface area contributed by atoms with Gasteiger partial charge in [-0.25, -0.2) is 8.78 Å². The highest BCUT2D eigenvalue weighted by molar-refractivity contribution is 6.88. The van der Waals surface area contributed by atoms with Crippen LogP contribution in [-0.2, 0) is 6.42 Å². The molecule has 0 radical (unpaired) electrons. The molecule has 152 valence electrons. The Balaban J connectivity index is 1.80. The van der Waals surface area contributed by atoms with E-state index in [-0.39, 0.29) is 5.19 Å². The molecule has 3 rings (SSSR count). The molecule has 0 saturated heterocycles. The van der Waals surface area contributed by atoms with E-state index in [0.717, 1.165) is 23.1 Å². The predicted octanol–water partition coefficient (Wildman–Crippen LogP) is 7.58. The second-order valence-corrected chi connectivity index (χ2v) is 13.8. The van der Waals surface area contributed by atoms with Gasteiger partial charge in [-0.1, -0.05) is 87.9 Å². The Morgan fingerprint density at radius 3 is 1.55 bits per heavy atom. The summed E-state index contributed by atoms with van der Waals surface area (Å²) in [5, 5.41) is 0.275. The summed E-state index contributed by atoms with van der Waals surface area (Å²) in [6, 6.07) is 19.5. The summed E-state index contributed by atoms with van der Waals surface area (Å²) in [5.74, 6) is -0.858. The van der Waals surface area contributed by atoms with Crippen molar-refractivity contribution in [3.8, 4) is 22.3 Å². The number of benzene rings is 3. The van der Waals surface area contributed by atoms with Crippen molar-refractivity contribution in [3.05, 3.63) is 77.9 Å². The Kier molecular flexibility index (Phi) is 6.69. The van der Waals surface area contributed by atoms with Gasteiger partial charge in [0.1, 0.15) is 11.6 Å². The van der Waals surface area contributed by atoms with E-state index in [0.29, 0.717) is 5.56 Å². The molecule has 0 N–H and O–H groups in total. The Morgan fingerprint density at radius 1 is 0.655 bits per heavy atom. The van der Waals surface area contributed by atoms with Crippen molar-refractivity contribution in [2.75, 3.05) is 0 Å². The molecule has 0 spiro atoms. The van der Waals surface area contributed by atoms with E-state index in [4.69, 9.17) is 0 Å². The highest BCUT2D eigenvalue weighted by atomic mass is 28.3. The van der Waals surface area contributed by atoms with Crippen LogP contribution in [0.25, 0.3) is 22.3 Å². The smallest absolute Gasteiger partial charge is 0.125 e. The third kappa shape index (κ3) is 5.21. The minimum Gasteiger partial charge on any atom is -0.207 e. The van der Waals surface area contributed by atoms with Crippen LogP contribution in [0.2, 0.25) is 19.6 Å². The molecule has 0 atom stereocenters. The molecule has 0 aromatic heterocycles. The largest absolute Gasteiger partial charge is 0.207 e. The Hall–Kier alpha value is -2.26. The van der Waals surface area contributed by atoms with Crippen LogP contribution in [0.15, 0.2) is 60.7 Å². The Bertz CT molecular complexity index is 928. The molecule has 0 fully saturated rings. The average Bonchev–Trinajstić information content (AvgIpc) is 2.67. The van der Waals surface area contributed by atoms with Crippen LogP contribution < -0.4 is 5.19 Å². The van der Waals surface area contributed by atoms with Crippen molar-refractivity contribution in [2.24, 2.45) is 0 Å². The lowest BCUT2D eigenvalue weighted by atomic mass is 9.98. The van der Waals surface area contributed by atoms with Crippen LogP contribution in [0, 0.1) is 11.6 Å². The minimum absolute atomic E-state index is 0.275. The molecule has 0 nitrogen and oxygen atoms in total. The van der Waals surface area contributed by atoms with Gasteiger partial charge >= 0.3 is 0 Å². The van der Waals surface area contributed by atoms with E-state index in [1.165, 1.54) is 37.0 Å². The van der Waals surface area contributed by atoms with Crippen molar-refractivity contribution < 1.29 is 8.78 Å².